The molecule has 1 aromatic carbocycles. The Hall–Kier alpha value is -5.50. The highest BCUT2D eigenvalue weighted by molar-refractivity contribution is 5.94. The number of ether oxygens (including phenoxy) is 2. The van der Waals surface area contributed by atoms with Gasteiger partial charge in [0.15, 0.2) is 11.6 Å². The maximum atomic E-state index is 12.9. The molecule has 0 saturated carbocycles. The zero-order valence-corrected chi connectivity index (χ0v) is 35.7. The fourth-order valence-corrected chi connectivity index (χ4v) is 7.90. The number of urea groups is 2. The number of fused-ring (bicyclic) bond motifs is 4. The van der Waals surface area contributed by atoms with Gasteiger partial charge in [-0.3, -0.25) is 29.2 Å². The number of hydrogen-bond donors (Lipinski definition) is 3. The molecule has 0 aromatic heterocycles. The van der Waals surface area contributed by atoms with Gasteiger partial charge >= 0.3 is 24.2 Å². The lowest BCUT2D eigenvalue weighted by molar-refractivity contribution is -0.140. The Morgan fingerprint density at radius 2 is 1.08 bits per heavy atom. The summed E-state index contributed by atoms with van der Waals surface area (Å²) in [7, 11) is 0. The van der Waals surface area contributed by atoms with E-state index in [1.165, 1.54) is 24.7 Å². The van der Waals surface area contributed by atoms with E-state index in [2.05, 4.69) is 10.6 Å². The van der Waals surface area contributed by atoms with Crippen LogP contribution >= 0.6 is 0 Å². The molecule has 20 heteroatoms. The van der Waals surface area contributed by atoms with E-state index in [1.54, 1.807) is 41.5 Å². The van der Waals surface area contributed by atoms with Crippen LogP contribution in [-0.4, -0.2) is 170 Å². The first-order chi connectivity index (χ1) is 28.7. The van der Waals surface area contributed by atoms with Crippen LogP contribution in [0.5, 0.6) is 0 Å². The van der Waals surface area contributed by atoms with Crippen molar-refractivity contribution in [2.24, 2.45) is 11.8 Å². The third-order valence-corrected chi connectivity index (χ3v) is 11.3. The molecule has 4 bridgehead atoms. The molecular weight excluding hydrogens is 796 g/mol. The third-order valence-electron chi connectivity index (χ3n) is 11.3. The quantitative estimate of drug-likeness (QED) is 0.272. The summed E-state index contributed by atoms with van der Waals surface area (Å²) in [5.74, 6) is -1.67. The topological polar surface area (TPSA) is 228 Å². The van der Waals surface area contributed by atoms with Crippen LogP contribution in [-0.2, 0) is 40.1 Å². The van der Waals surface area contributed by atoms with Gasteiger partial charge in [0, 0.05) is 39.3 Å². The molecule has 0 spiro atoms. The molecule has 0 aliphatic carbocycles. The monoisotopic (exact) mass is 854 g/mol. The summed E-state index contributed by atoms with van der Waals surface area (Å²) in [5, 5.41) is 17.0. The Morgan fingerprint density at radius 1 is 0.639 bits per heavy atom. The third kappa shape index (κ3) is 10.9. The molecule has 6 aliphatic heterocycles. The van der Waals surface area contributed by atoms with Gasteiger partial charge in [0.2, 0.25) is 11.8 Å². The standard InChI is InChI=1S/C24H32N4O6.C17H26N4O6/c1-24(2,3)34-23(32)26-12-17(13-26)20(29)11-25-21(30)19-10-9-18-14-27(19)22(31)28(18)33-15-16-7-5-4-6-8-16;1-17(2,3)27-16(25)19-7-10(8-19)13(22)6-18-14(23)12-5-4-11-9-20(12)15(24)21(11)26/h4-8,17-19H,9-15H2,1-3H3,(H,25,30);10-12,26H,4-9H2,1-3H3,(H,18,23)/t18-,19+;11-,12+/m11/s1. The summed E-state index contributed by atoms with van der Waals surface area (Å²) < 4.78 is 10.5. The van der Waals surface area contributed by atoms with E-state index in [4.69, 9.17) is 14.3 Å². The minimum absolute atomic E-state index is 0.0873. The van der Waals surface area contributed by atoms with E-state index in [0.29, 0.717) is 43.8 Å². The fourth-order valence-electron chi connectivity index (χ4n) is 7.90. The summed E-state index contributed by atoms with van der Waals surface area (Å²) in [5.41, 5.74) is -0.217. The molecule has 3 N–H and O–H groups in total. The normalized spacial score (nSPS) is 23.7. The predicted octanol–water partition coefficient (Wildman–Crippen LogP) is 2.14. The van der Waals surface area contributed by atoms with Crippen molar-refractivity contribution in [2.45, 2.75) is 109 Å². The van der Waals surface area contributed by atoms with Crippen LogP contribution in [0.2, 0.25) is 0 Å². The van der Waals surface area contributed by atoms with Gasteiger partial charge in [0.25, 0.3) is 0 Å². The number of Topliss-reactive ketones (excluding diaryl/α,β-unsaturated/α-hetero) is 2. The molecule has 61 heavy (non-hydrogen) atoms. The molecule has 6 heterocycles. The van der Waals surface area contributed by atoms with Crippen molar-refractivity contribution >= 4 is 47.6 Å². The minimum Gasteiger partial charge on any atom is -0.444 e. The van der Waals surface area contributed by atoms with Gasteiger partial charge < -0.3 is 39.7 Å². The molecule has 6 saturated heterocycles. The lowest BCUT2D eigenvalue weighted by atomic mass is 9.95. The van der Waals surface area contributed by atoms with E-state index in [0.717, 1.165) is 5.56 Å². The molecule has 0 radical (unpaired) electrons. The van der Waals surface area contributed by atoms with Gasteiger partial charge in [-0.15, -0.1) is 0 Å². The van der Waals surface area contributed by atoms with Crippen molar-refractivity contribution < 1.29 is 57.9 Å². The largest absolute Gasteiger partial charge is 0.444 e. The molecule has 7 rings (SSSR count). The molecular formula is C41H58N8O12. The minimum atomic E-state index is -0.668. The second-order valence-electron chi connectivity index (χ2n) is 18.3. The van der Waals surface area contributed by atoms with E-state index in [1.807, 2.05) is 30.3 Å². The van der Waals surface area contributed by atoms with Crippen molar-refractivity contribution in [1.29, 1.82) is 0 Å². The average Bonchev–Trinajstić information content (AvgIpc) is 3.52. The first-order valence-electron chi connectivity index (χ1n) is 20.8. The van der Waals surface area contributed by atoms with Crippen molar-refractivity contribution in [3.8, 4) is 0 Å². The lowest BCUT2D eigenvalue weighted by Crippen LogP contribution is -2.56. The second-order valence-corrected chi connectivity index (χ2v) is 18.3. The van der Waals surface area contributed by atoms with E-state index >= 15 is 0 Å². The van der Waals surface area contributed by atoms with Crippen molar-refractivity contribution in [3.05, 3.63) is 35.9 Å². The molecule has 20 nitrogen and oxygen atoms in total. The predicted molar refractivity (Wildman–Crippen MR) is 213 cm³/mol. The number of piperidine rings is 2. The van der Waals surface area contributed by atoms with Crippen molar-refractivity contribution in [2.75, 3.05) is 52.4 Å². The maximum Gasteiger partial charge on any atom is 0.410 e. The number of nitrogens with one attached hydrogen (secondary N) is 2. The molecule has 6 aliphatic rings. The first kappa shape index (κ1) is 45.0. The first-order valence-corrected chi connectivity index (χ1v) is 20.8. The van der Waals surface area contributed by atoms with Gasteiger partial charge in [-0.25, -0.2) is 24.2 Å². The Balaban J connectivity index is 0.000000210. The Labute approximate surface area is 354 Å². The molecule has 1 aromatic rings. The number of carbonyl (C=O) groups excluding carboxylic acids is 8. The van der Waals surface area contributed by atoms with Crippen LogP contribution in [0, 0.1) is 11.8 Å². The van der Waals surface area contributed by atoms with Crippen molar-refractivity contribution in [1.82, 2.24) is 40.4 Å². The van der Waals surface area contributed by atoms with Gasteiger partial charge in [-0.2, -0.15) is 5.06 Å². The summed E-state index contributed by atoms with van der Waals surface area (Å²) in [6.45, 7) is 12.6. The highest BCUT2D eigenvalue weighted by atomic mass is 16.7. The highest BCUT2D eigenvalue weighted by Crippen LogP contribution is 2.31. The molecule has 334 valence electrons. The number of ketones is 2. The molecule has 6 fully saturated rings. The summed E-state index contributed by atoms with van der Waals surface area (Å²) in [6, 6.07) is 7.04. The van der Waals surface area contributed by atoms with Crippen LogP contribution in [0.15, 0.2) is 30.3 Å². The Bertz CT molecular complexity index is 1860. The van der Waals surface area contributed by atoms with Gasteiger partial charge in [-0.1, -0.05) is 30.3 Å². The second kappa shape index (κ2) is 18.2. The number of rotatable bonds is 11. The number of carbonyl (C=O) groups is 8. The lowest BCUT2D eigenvalue weighted by Gasteiger charge is -2.39. The number of benzene rings is 1. The summed E-state index contributed by atoms with van der Waals surface area (Å²) in [4.78, 5) is 110. The zero-order valence-electron chi connectivity index (χ0n) is 35.7. The number of hydroxylamine groups is 4. The number of hydrogen-bond acceptors (Lipinski definition) is 12. The van der Waals surface area contributed by atoms with Crippen LogP contribution in [0.1, 0.15) is 72.8 Å². The molecule has 0 unspecified atom stereocenters. The van der Waals surface area contributed by atoms with E-state index in [-0.39, 0.29) is 93.3 Å². The smallest absolute Gasteiger partial charge is 0.410 e. The number of likely N-dealkylation sites (tertiary alicyclic amines) is 2. The number of nitrogens with zero attached hydrogens (tertiary/aromatic N) is 6. The van der Waals surface area contributed by atoms with E-state index in [9.17, 15) is 43.6 Å². The SMILES string of the molecule is CC(C)(C)OC(=O)N1CC(C(=O)CNC(=O)[C@@H]2CC[C@@H]3CN2C(=O)N3O)C1.CC(C)(C)OC(=O)N1CC(C(=O)CNC(=O)[C@@H]2CC[C@@H]3CN2C(=O)N3OCc2ccccc2)C1. The molecule has 4 atom stereocenters. The Morgan fingerprint density at radius 3 is 1.56 bits per heavy atom. The van der Waals surface area contributed by atoms with Gasteiger partial charge in [0.05, 0.1) is 37.0 Å². The van der Waals surface area contributed by atoms with Crippen LogP contribution in [0.25, 0.3) is 0 Å². The Kier molecular flexibility index (Phi) is 13.5. The average molecular weight is 855 g/mol. The zero-order chi connectivity index (χ0) is 44.4. The number of amides is 8. The van der Waals surface area contributed by atoms with E-state index < -0.39 is 47.4 Å². The van der Waals surface area contributed by atoms with Crippen LogP contribution < -0.4 is 10.6 Å². The highest BCUT2D eigenvalue weighted by Gasteiger charge is 2.49. The van der Waals surface area contributed by atoms with Crippen molar-refractivity contribution in [3.63, 3.8) is 0 Å². The molecule has 8 amide bonds. The fraction of sp³-hybridized carbons (Fsp3) is 0.659. The van der Waals surface area contributed by atoms with Gasteiger partial charge in [0.1, 0.15) is 29.9 Å². The van der Waals surface area contributed by atoms with Gasteiger partial charge in [-0.05, 0) is 72.8 Å². The summed E-state index contributed by atoms with van der Waals surface area (Å²) >= 11 is 0. The maximum absolute atomic E-state index is 12.9. The van der Waals surface area contributed by atoms with Crippen LogP contribution in [0.3, 0.4) is 0 Å². The van der Waals surface area contributed by atoms with Crippen LogP contribution in [0.4, 0.5) is 19.2 Å². The summed E-state index contributed by atoms with van der Waals surface area (Å²) in [6.07, 6.45) is 1.26.